The second kappa shape index (κ2) is 10.0. The Balaban J connectivity index is 1.26. The zero-order chi connectivity index (χ0) is 28.1. The van der Waals surface area contributed by atoms with Crippen LogP contribution in [0, 0.1) is 16.9 Å². The first-order chi connectivity index (χ1) is 18.4. The van der Waals surface area contributed by atoms with E-state index in [-0.39, 0.29) is 35.9 Å². The van der Waals surface area contributed by atoms with Crippen LogP contribution < -0.4 is 11.1 Å². The lowest BCUT2D eigenvalue weighted by molar-refractivity contribution is -0.151. The number of rotatable bonds is 6. The van der Waals surface area contributed by atoms with Gasteiger partial charge in [0.2, 0.25) is 0 Å². The van der Waals surface area contributed by atoms with E-state index in [0.29, 0.717) is 17.3 Å². The molecule has 0 bridgehead atoms. The molecule has 3 N–H and O–H groups in total. The summed E-state index contributed by atoms with van der Waals surface area (Å²) in [5, 5.41) is 22.2. The van der Waals surface area contributed by atoms with E-state index in [0.717, 1.165) is 29.9 Å². The molecule has 10 heteroatoms. The number of carbonyl (C=O) groups excluding carboxylic acids is 2. The second-order valence-electron chi connectivity index (χ2n) is 11.9. The number of nitrogens with zero attached hydrogens (tertiary/aromatic N) is 3. The Kier molecular flexibility index (Phi) is 6.98. The molecule has 2 aliphatic heterocycles. The van der Waals surface area contributed by atoms with Crippen LogP contribution in [-0.4, -0.2) is 50.4 Å². The average Bonchev–Trinajstić information content (AvgIpc) is 3.40. The number of hydroxylamine groups is 2. The summed E-state index contributed by atoms with van der Waals surface area (Å²) in [5.74, 6) is -1.88. The van der Waals surface area contributed by atoms with Gasteiger partial charge in [0.05, 0.1) is 11.5 Å². The molecule has 2 saturated heterocycles. The summed E-state index contributed by atoms with van der Waals surface area (Å²) < 4.78 is 22.4. The Morgan fingerprint density at radius 1 is 1.21 bits per heavy atom. The summed E-state index contributed by atoms with van der Waals surface area (Å²) in [4.78, 5) is 24.7. The van der Waals surface area contributed by atoms with Crippen molar-refractivity contribution in [3.8, 4) is 5.69 Å². The van der Waals surface area contributed by atoms with E-state index >= 15 is 4.39 Å². The maximum atomic E-state index is 15.3. The van der Waals surface area contributed by atoms with Gasteiger partial charge in [0, 0.05) is 34.7 Å². The normalized spacial score (nSPS) is 24.6. The molecule has 0 radical (unpaired) electrons. The molecule has 5 rings (SSSR count). The third-order valence-corrected chi connectivity index (χ3v) is 8.25. The molecule has 3 atom stereocenters. The van der Waals surface area contributed by atoms with Crippen LogP contribution in [-0.2, 0) is 9.53 Å². The van der Waals surface area contributed by atoms with Crippen LogP contribution in [0.1, 0.15) is 75.3 Å². The average molecular weight is 537 g/mol. The highest BCUT2D eigenvalue weighted by Gasteiger charge is 2.50. The lowest BCUT2D eigenvalue weighted by Gasteiger charge is -2.47. The molecule has 0 aliphatic carbocycles. The SMILES string of the molecule is CC1(C)CC(C(=O)OCC2CCCC(c3ccc(-n4cc5cccc(C(N)=O)c5n4)c(F)c3)N2)C(C)(C)N1[O-]. The van der Waals surface area contributed by atoms with Crippen LogP contribution in [0.4, 0.5) is 4.39 Å². The van der Waals surface area contributed by atoms with Crippen molar-refractivity contribution in [1.82, 2.24) is 20.2 Å². The van der Waals surface area contributed by atoms with E-state index in [1.165, 1.54) is 10.7 Å². The summed E-state index contributed by atoms with van der Waals surface area (Å²) in [6, 6.07) is 9.96. The minimum absolute atomic E-state index is 0.0695. The topological polar surface area (TPSA) is 126 Å². The molecule has 0 saturated carbocycles. The second-order valence-corrected chi connectivity index (χ2v) is 11.9. The molecular formula is C29H35FN5O4-. The summed E-state index contributed by atoms with van der Waals surface area (Å²) >= 11 is 0. The van der Waals surface area contributed by atoms with Crippen molar-refractivity contribution in [2.24, 2.45) is 11.7 Å². The number of benzene rings is 2. The highest BCUT2D eigenvalue weighted by Crippen LogP contribution is 2.44. The zero-order valence-electron chi connectivity index (χ0n) is 22.7. The van der Waals surface area contributed by atoms with E-state index in [4.69, 9.17) is 10.5 Å². The Labute approximate surface area is 227 Å². The molecule has 2 aliphatic rings. The third-order valence-electron chi connectivity index (χ3n) is 8.25. The molecule has 3 aromatic rings. The number of fused-ring (bicyclic) bond motifs is 1. The molecule has 2 aromatic carbocycles. The van der Waals surface area contributed by atoms with Crippen LogP contribution in [0.3, 0.4) is 0 Å². The van der Waals surface area contributed by atoms with Crippen LogP contribution in [0.2, 0.25) is 0 Å². The number of primary amides is 1. The van der Waals surface area contributed by atoms with Gasteiger partial charge in [-0.2, -0.15) is 5.10 Å². The van der Waals surface area contributed by atoms with Gasteiger partial charge in [-0.15, -0.1) is 0 Å². The van der Waals surface area contributed by atoms with E-state index in [1.807, 2.05) is 19.9 Å². The van der Waals surface area contributed by atoms with E-state index in [9.17, 15) is 14.8 Å². The number of ether oxygens (including phenoxy) is 1. The molecule has 0 spiro atoms. The smallest absolute Gasteiger partial charge is 0.310 e. The van der Waals surface area contributed by atoms with Crippen molar-refractivity contribution in [2.45, 2.75) is 76.5 Å². The largest absolute Gasteiger partial charge is 0.784 e. The predicted octanol–water partition coefficient (Wildman–Crippen LogP) is 4.37. The first-order valence-electron chi connectivity index (χ1n) is 13.4. The molecule has 3 heterocycles. The van der Waals surface area contributed by atoms with Gasteiger partial charge < -0.3 is 26.1 Å². The van der Waals surface area contributed by atoms with Gasteiger partial charge in [-0.3, -0.25) is 9.59 Å². The highest BCUT2D eigenvalue weighted by atomic mass is 19.1. The van der Waals surface area contributed by atoms with Crippen LogP contribution in [0.25, 0.3) is 16.6 Å². The minimum atomic E-state index is -0.829. The van der Waals surface area contributed by atoms with Crippen LogP contribution in [0.5, 0.6) is 0 Å². The summed E-state index contributed by atoms with van der Waals surface area (Å²) in [5.41, 5.74) is 5.77. The molecule has 2 fully saturated rings. The number of esters is 1. The fourth-order valence-electron chi connectivity index (χ4n) is 6.12. The molecular weight excluding hydrogens is 501 g/mol. The Hall–Kier alpha value is -3.34. The number of hydrogen-bond acceptors (Lipinski definition) is 7. The molecule has 1 aromatic heterocycles. The summed E-state index contributed by atoms with van der Waals surface area (Å²) in [6.45, 7) is 7.47. The molecule has 208 valence electrons. The number of nitrogens with one attached hydrogen (secondary N) is 1. The van der Waals surface area contributed by atoms with Crippen molar-refractivity contribution in [3.05, 3.63) is 64.7 Å². The number of aromatic nitrogens is 2. The van der Waals surface area contributed by atoms with Crippen LogP contribution >= 0.6 is 0 Å². The number of amides is 1. The summed E-state index contributed by atoms with van der Waals surface area (Å²) in [7, 11) is 0. The Morgan fingerprint density at radius 2 is 1.97 bits per heavy atom. The number of hydrogen-bond donors (Lipinski definition) is 2. The fraction of sp³-hybridized carbons (Fsp3) is 0.483. The molecule has 9 nitrogen and oxygen atoms in total. The Bertz CT molecular complexity index is 1420. The zero-order valence-corrected chi connectivity index (χ0v) is 22.7. The standard InChI is InChI=1S/C29H35FN5O4/c1-28(2)14-21(29(3,4)35(28)38)27(37)39-16-19-8-6-10-23(32-19)17-11-12-24(22(30)13-17)34-15-18-7-5-9-20(26(31)36)25(18)33-34/h5,7,9,11-13,15,19,21,23,32H,6,8,10,14,16H2,1-4H3,(H2,31,36)/q-1. The van der Waals surface area contributed by atoms with Gasteiger partial charge in [0.1, 0.15) is 23.6 Å². The highest BCUT2D eigenvalue weighted by molar-refractivity contribution is 6.04. The fourth-order valence-corrected chi connectivity index (χ4v) is 6.12. The van der Waals surface area contributed by atoms with E-state index in [2.05, 4.69) is 10.4 Å². The van der Waals surface area contributed by atoms with Gasteiger partial charge in [0.25, 0.3) is 5.91 Å². The number of carbonyl (C=O) groups is 2. The van der Waals surface area contributed by atoms with Gasteiger partial charge in [-0.1, -0.05) is 18.2 Å². The lowest BCUT2D eigenvalue weighted by atomic mass is 9.87. The van der Waals surface area contributed by atoms with Crippen molar-refractivity contribution in [2.75, 3.05) is 6.61 Å². The van der Waals surface area contributed by atoms with E-state index in [1.54, 1.807) is 44.3 Å². The molecule has 1 amide bonds. The van der Waals surface area contributed by atoms with Crippen molar-refractivity contribution in [3.63, 3.8) is 0 Å². The third kappa shape index (κ3) is 5.04. The predicted molar refractivity (Wildman–Crippen MR) is 145 cm³/mol. The van der Waals surface area contributed by atoms with E-state index < -0.39 is 28.7 Å². The van der Waals surface area contributed by atoms with Gasteiger partial charge in [-0.05, 0) is 77.1 Å². The number of piperidine rings is 1. The first kappa shape index (κ1) is 27.2. The first-order valence-corrected chi connectivity index (χ1v) is 13.4. The monoisotopic (exact) mass is 536 g/mol. The summed E-state index contributed by atoms with van der Waals surface area (Å²) in [6.07, 6.45) is 4.68. The van der Waals surface area contributed by atoms with Gasteiger partial charge >= 0.3 is 5.97 Å². The van der Waals surface area contributed by atoms with Crippen molar-refractivity contribution >= 4 is 22.8 Å². The Morgan fingerprint density at radius 3 is 2.64 bits per heavy atom. The lowest BCUT2D eigenvalue weighted by Crippen LogP contribution is -2.47. The van der Waals surface area contributed by atoms with Crippen molar-refractivity contribution in [1.29, 1.82) is 0 Å². The number of nitrogens with two attached hydrogens (primary N) is 1. The number of halogens is 1. The minimum Gasteiger partial charge on any atom is -0.784 e. The molecule has 39 heavy (non-hydrogen) atoms. The van der Waals surface area contributed by atoms with Gasteiger partial charge in [0.15, 0.2) is 0 Å². The maximum absolute atomic E-state index is 15.3. The van der Waals surface area contributed by atoms with Gasteiger partial charge in [-0.25, -0.2) is 9.07 Å². The van der Waals surface area contributed by atoms with Crippen LogP contribution in [0.15, 0.2) is 42.6 Å². The molecule has 3 unspecified atom stereocenters. The van der Waals surface area contributed by atoms with Crippen molar-refractivity contribution < 1.29 is 18.7 Å². The maximum Gasteiger partial charge on any atom is 0.310 e. The quantitative estimate of drug-likeness (QED) is 0.448.